The molecule has 0 bridgehead atoms. The number of pyridine rings is 1. The maximum Gasteiger partial charge on any atom is 0.325 e. The van der Waals surface area contributed by atoms with Crippen molar-refractivity contribution in [3.8, 4) is 0 Å². The highest BCUT2D eigenvalue weighted by Crippen LogP contribution is 2.32. The van der Waals surface area contributed by atoms with Crippen LogP contribution in [0.3, 0.4) is 0 Å². The average molecular weight is 352 g/mol. The molecule has 1 aromatic carbocycles. The van der Waals surface area contributed by atoms with Crippen molar-refractivity contribution in [2.24, 2.45) is 0 Å². The molecule has 0 spiro atoms. The van der Waals surface area contributed by atoms with E-state index in [1.807, 2.05) is 25.1 Å². The van der Waals surface area contributed by atoms with Gasteiger partial charge in [-0.05, 0) is 29.7 Å². The fourth-order valence-electron chi connectivity index (χ4n) is 3.03. The molecule has 1 aliphatic heterocycles. The van der Waals surface area contributed by atoms with E-state index in [-0.39, 0.29) is 6.54 Å². The molecule has 26 heavy (non-hydrogen) atoms. The van der Waals surface area contributed by atoms with Crippen LogP contribution in [-0.2, 0) is 21.7 Å². The highest BCUT2D eigenvalue weighted by molar-refractivity contribution is 6.09. The lowest BCUT2D eigenvalue weighted by atomic mass is 9.87. The van der Waals surface area contributed by atoms with Gasteiger partial charge in [0.1, 0.15) is 12.1 Å². The second-order valence-corrected chi connectivity index (χ2v) is 6.08. The molecule has 3 rings (SSSR count). The Labute approximate surface area is 151 Å². The molecule has 2 aromatic rings. The standard InChI is InChI=1S/C19H20N4O3/c1-2-19(15-6-4-3-5-7-15)17(25)23(18(26)22-19)13-16(24)21-12-14-8-10-20-11-9-14/h3-11H,2,12-13H2,1H3,(H,21,24)(H,22,26)/t19-/m1/s1. The first-order valence-corrected chi connectivity index (χ1v) is 8.42. The molecule has 2 N–H and O–H groups in total. The molecule has 134 valence electrons. The van der Waals surface area contributed by atoms with Crippen molar-refractivity contribution in [3.63, 3.8) is 0 Å². The van der Waals surface area contributed by atoms with Gasteiger partial charge in [0.15, 0.2) is 0 Å². The molecular formula is C19H20N4O3. The summed E-state index contributed by atoms with van der Waals surface area (Å²) >= 11 is 0. The van der Waals surface area contributed by atoms with Gasteiger partial charge in [-0.15, -0.1) is 0 Å². The topological polar surface area (TPSA) is 91.4 Å². The van der Waals surface area contributed by atoms with E-state index in [1.54, 1.807) is 36.7 Å². The van der Waals surface area contributed by atoms with E-state index in [9.17, 15) is 14.4 Å². The summed E-state index contributed by atoms with van der Waals surface area (Å²) in [5.74, 6) is -0.805. The fourth-order valence-corrected chi connectivity index (χ4v) is 3.03. The third-order valence-electron chi connectivity index (χ3n) is 4.51. The predicted octanol–water partition coefficient (Wildman–Crippen LogP) is 1.56. The molecule has 0 saturated carbocycles. The molecule has 0 aliphatic carbocycles. The Bertz CT molecular complexity index is 810. The Morgan fingerprint density at radius 2 is 1.85 bits per heavy atom. The van der Waals surface area contributed by atoms with Crippen LogP contribution in [0.1, 0.15) is 24.5 Å². The molecule has 1 aliphatic rings. The first-order valence-electron chi connectivity index (χ1n) is 8.42. The van der Waals surface area contributed by atoms with Crippen molar-refractivity contribution < 1.29 is 14.4 Å². The average Bonchev–Trinajstić information content (AvgIpc) is 2.93. The second kappa shape index (κ2) is 7.35. The normalized spacial score (nSPS) is 19.3. The zero-order valence-corrected chi connectivity index (χ0v) is 14.4. The molecule has 0 radical (unpaired) electrons. The summed E-state index contributed by atoms with van der Waals surface area (Å²) in [6.45, 7) is 1.82. The first kappa shape index (κ1) is 17.6. The highest BCUT2D eigenvalue weighted by Gasteiger charge is 2.51. The number of carbonyl (C=O) groups is 3. The minimum Gasteiger partial charge on any atom is -0.350 e. The molecule has 2 heterocycles. The monoisotopic (exact) mass is 352 g/mol. The number of hydrogen-bond acceptors (Lipinski definition) is 4. The molecule has 1 atom stereocenters. The molecule has 1 aromatic heterocycles. The lowest BCUT2D eigenvalue weighted by molar-refractivity contribution is -0.135. The third kappa shape index (κ3) is 3.28. The van der Waals surface area contributed by atoms with Gasteiger partial charge in [0.25, 0.3) is 5.91 Å². The number of carbonyl (C=O) groups excluding carboxylic acids is 3. The molecule has 7 nitrogen and oxygen atoms in total. The summed E-state index contributed by atoms with van der Waals surface area (Å²) < 4.78 is 0. The molecular weight excluding hydrogens is 332 g/mol. The van der Waals surface area contributed by atoms with Gasteiger partial charge in [-0.1, -0.05) is 37.3 Å². The maximum atomic E-state index is 12.9. The van der Waals surface area contributed by atoms with Crippen molar-refractivity contribution in [2.45, 2.75) is 25.4 Å². The lowest BCUT2D eigenvalue weighted by Gasteiger charge is -2.25. The van der Waals surface area contributed by atoms with Crippen LogP contribution in [0.25, 0.3) is 0 Å². The summed E-state index contributed by atoms with van der Waals surface area (Å²) in [6, 6.07) is 12.1. The Morgan fingerprint density at radius 3 is 2.50 bits per heavy atom. The van der Waals surface area contributed by atoms with Crippen molar-refractivity contribution in [1.82, 2.24) is 20.5 Å². The summed E-state index contributed by atoms with van der Waals surface area (Å²) in [5, 5.41) is 5.47. The van der Waals surface area contributed by atoms with E-state index < -0.39 is 23.4 Å². The smallest absolute Gasteiger partial charge is 0.325 e. The zero-order valence-electron chi connectivity index (χ0n) is 14.4. The number of imide groups is 1. The number of benzene rings is 1. The van der Waals surface area contributed by atoms with Crippen LogP contribution < -0.4 is 10.6 Å². The van der Waals surface area contributed by atoms with Crippen LogP contribution in [-0.4, -0.2) is 34.3 Å². The van der Waals surface area contributed by atoms with Gasteiger partial charge < -0.3 is 10.6 Å². The number of aromatic nitrogens is 1. The van der Waals surface area contributed by atoms with Crippen LogP contribution in [0.4, 0.5) is 4.79 Å². The minimum atomic E-state index is -1.12. The third-order valence-corrected chi connectivity index (χ3v) is 4.51. The SMILES string of the molecule is CC[C@]1(c2ccccc2)NC(=O)N(CC(=O)NCc2ccncc2)C1=O. The van der Waals surface area contributed by atoms with Gasteiger partial charge >= 0.3 is 6.03 Å². The largest absolute Gasteiger partial charge is 0.350 e. The zero-order chi connectivity index (χ0) is 18.6. The Morgan fingerprint density at radius 1 is 1.15 bits per heavy atom. The minimum absolute atomic E-state index is 0.308. The summed E-state index contributed by atoms with van der Waals surface area (Å²) in [7, 11) is 0. The van der Waals surface area contributed by atoms with Gasteiger partial charge in [0.2, 0.25) is 5.91 Å². The second-order valence-electron chi connectivity index (χ2n) is 6.08. The Hall–Kier alpha value is -3.22. The summed E-state index contributed by atoms with van der Waals surface area (Å²) in [4.78, 5) is 42.4. The molecule has 4 amide bonds. The highest BCUT2D eigenvalue weighted by atomic mass is 16.2. The van der Waals surface area contributed by atoms with Gasteiger partial charge in [0, 0.05) is 18.9 Å². The van der Waals surface area contributed by atoms with Crippen molar-refractivity contribution >= 4 is 17.8 Å². The molecule has 0 unspecified atom stereocenters. The van der Waals surface area contributed by atoms with Crippen molar-refractivity contribution in [3.05, 3.63) is 66.0 Å². The summed E-state index contributed by atoms with van der Waals surface area (Å²) in [5.41, 5.74) is 0.474. The van der Waals surface area contributed by atoms with Crippen molar-refractivity contribution in [2.75, 3.05) is 6.54 Å². The quantitative estimate of drug-likeness (QED) is 0.772. The van der Waals surface area contributed by atoms with E-state index in [0.29, 0.717) is 18.5 Å². The fraction of sp³-hybridized carbons (Fsp3) is 0.263. The molecule has 7 heteroatoms. The van der Waals surface area contributed by atoms with Crippen LogP contribution in [0.15, 0.2) is 54.9 Å². The van der Waals surface area contributed by atoms with E-state index in [2.05, 4.69) is 15.6 Å². The van der Waals surface area contributed by atoms with E-state index in [1.165, 1.54) is 0 Å². The number of rotatable bonds is 6. The number of hydrogen-bond donors (Lipinski definition) is 2. The molecule has 1 saturated heterocycles. The van der Waals surface area contributed by atoms with Crippen LogP contribution in [0.5, 0.6) is 0 Å². The van der Waals surface area contributed by atoms with Gasteiger partial charge in [-0.2, -0.15) is 0 Å². The molecule has 1 fully saturated rings. The Kier molecular flexibility index (Phi) is 4.97. The number of nitrogens with zero attached hydrogens (tertiary/aromatic N) is 2. The predicted molar refractivity (Wildman–Crippen MR) is 94.7 cm³/mol. The van der Waals surface area contributed by atoms with Crippen LogP contribution in [0.2, 0.25) is 0 Å². The Balaban J connectivity index is 1.70. The van der Waals surface area contributed by atoms with E-state index in [0.717, 1.165) is 10.5 Å². The number of amides is 4. The van der Waals surface area contributed by atoms with Gasteiger partial charge in [-0.25, -0.2) is 4.79 Å². The van der Waals surface area contributed by atoms with Crippen LogP contribution >= 0.6 is 0 Å². The van der Waals surface area contributed by atoms with Gasteiger partial charge in [-0.3, -0.25) is 19.5 Å². The first-order chi connectivity index (χ1) is 12.6. The van der Waals surface area contributed by atoms with Gasteiger partial charge in [0.05, 0.1) is 0 Å². The summed E-state index contributed by atoms with van der Waals surface area (Å²) in [6.07, 6.45) is 3.67. The number of urea groups is 1. The maximum absolute atomic E-state index is 12.9. The lowest BCUT2D eigenvalue weighted by Crippen LogP contribution is -2.44. The van der Waals surface area contributed by atoms with Crippen molar-refractivity contribution in [1.29, 1.82) is 0 Å². The van der Waals surface area contributed by atoms with E-state index >= 15 is 0 Å². The number of nitrogens with one attached hydrogen (secondary N) is 2. The van der Waals surface area contributed by atoms with Crippen LogP contribution in [0, 0.1) is 0 Å². The van der Waals surface area contributed by atoms with E-state index in [4.69, 9.17) is 0 Å².